The van der Waals surface area contributed by atoms with Crippen molar-refractivity contribution in [2.75, 3.05) is 20.3 Å². The van der Waals surface area contributed by atoms with Gasteiger partial charge < -0.3 is 31.1 Å². The number of aliphatic hydroxyl groups excluding tert-OH is 2. The van der Waals surface area contributed by atoms with E-state index in [1.807, 2.05) is 0 Å². The topological polar surface area (TPSA) is 142 Å². The van der Waals surface area contributed by atoms with Crippen molar-refractivity contribution in [3.63, 3.8) is 0 Å². The molecule has 0 aromatic rings. The van der Waals surface area contributed by atoms with Crippen molar-refractivity contribution in [1.82, 2.24) is 5.32 Å². The molecule has 0 radical (unpaired) electrons. The van der Waals surface area contributed by atoms with Crippen LogP contribution >= 0.6 is 0 Å². The summed E-state index contributed by atoms with van der Waals surface area (Å²) in [6, 6.07) is -0.508. The summed E-state index contributed by atoms with van der Waals surface area (Å²) in [5.74, 6) is -0.872. The molecule has 0 aromatic carbocycles. The molecule has 1 unspecified atom stereocenters. The molecule has 0 fully saturated rings. The third-order valence-electron chi connectivity index (χ3n) is 3.36. The largest absolute Gasteiger partial charge is 0.491 e. The van der Waals surface area contributed by atoms with Gasteiger partial charge in [-0.25, -0.2) is 0 Å². The summed E-state index contributed by atoms with van der Waals surface area (Å²) in [7, 11) is 1.33. The maximum absolute atomic E-state index is 11.9. The molecule has 1 amide bonds. The summed E-state index contributed by atoms with van der Waals surface area (Å²) in [4.78, 5) is 22.7. The minimum Gasteiger partial charge on any atom is -0.491 e. The average Bonchev–Trinajstić information content (AvgIpc) is 2.42. The molecule has 0 heterocycles. The molecule has 21 heavy (non-hydrogen) atoms. The molecular formula is C13H22N2O6. The third-order valence-corrected chi connectivity index (χ3v) is 3.36. The van der Waals surface area contributed by atoms with Crippen LogP contribution in [0, 0.1) is 0 Å². The molecular weight excluding hydrogens is 280 g/mol. The Morgan fingerprint density at radius 2 is 2.14 bits per heavy atom. The fourth-order valence-electron chi connectivity index (χ4n) is 2.26. The molecule has 1 aliphatic rings. The van der Waals surface area contributed by atoms with E-state index in [1.54, 1.807) is 0 Å². The van der Waals surface area contributed by atoms with E-state index in [9.17, 15) is 24.9 Å². The number of carbonyl (C=O) groups excluding carboxylic acids is 2. The molecule has 0 aliphatic heterocycles. The van der Waals surface area contributed by atoms with E-state index in [0.717, 1.165) is 0 Å². The lowest BCUT2D eigenvalue weighted by atomic mass is 9.86. The number of hydrogen-bond donors (Lipinski definition) is 5. The zero-order chi connectivity index (χ0) is 16.0. The number of rotatable bonds is 8. The Hall–Kier alpha value is -1.64. The van der Waals surface area contributed by atoms with Crippen LogP contribution in [0.5, 0.6) is 0 Å². The number of primary amides is 1. The number of allylic oxidation sites excluding steroid dienone is 1. The number of aliphatic hydroxyl groups is 3. The van der Waals surface area contributed by atoms with Crippen LogP contribution in [0.1, 0.15) is 25.7 Å². The van der Waals surface area contributed by atoms with E-state index >= 15 is 0 Å². The lowest BCUT2D eigenvalue weighted by Crippen LogP contribution is -2.45. The van der Waals surface area contributed by atoms with Crippen LogP contribution in [-0.4, -0.2) is 59.0 Å². The first-order chi connectivity index (χ1) is 9.85. The minimum atomic E-state index is -1.55. The van der Waals surface area contributed by atoms with Gasteiger partial charge in [-0.05, 0) is 6.42 Å². The first-order valence-electron chi connectivity index (χ1n) is 6.64. The summed E-state index contributed by atoms with van der Waals surface area (Å²) >= 11 is 0. The Morgan fingerprint density at radius 1 is 1.48 bits per heavy atom. The Morgan fingerprint density at radius 3 is 2.62 bits per heavy atom. The van der Waals surface area contributed by atoms with E-state index in [-0.39, 0.29) is 38.0 Å². The predicted octanol–water partition coefficient (Wildman–Crippen LogP) is -1.85. The number of hydrogen-bond acceptors (Lipinski definition) is 7. The minimum absolute atomic E-state index is 0.00845. The standard InChI is InChI=1S/C13H22N2O6/c1-21-12-9(4-13(20,7-17)5-10(12)18)15-8(6-16)2-3-11(14)19/h8,15-17,20H,2-7H2,1H3,(H2,14,19)/t8-,13?/m0/s1. The van der Waals surface area contributed by atoms with Gasteiger partial charge in [-0.1, -0.05) is 0 Å². The zero-order valence-electron chi connectivity index (χ0n) is 12.0. The number of methoxy groups -OCH3 is 1. The van der Waals surface area contributed by atoms with Crippen molar-refractivity contribution in [3.05, 3.63) is 11.5 Å². The molecule has 8 nitrogen and oxygen atoms in total. The van der Waals surface area contributed by atoms with E-state index in [4.69, 9.17) is 10.5 Å². The van der Waals surface area contributed by atoms with Crippen LogP contribution in [0.3, 0.4) is 0 Å². The number of ether oxygens (including phenoxy) is 1. The number of carbonyl (C=O) groups is 2. The highest BCUT2D eigenvalue weighted by Crippen LogP contribution is 2.29. The molecule has 1 aliphatic carbocycles. The van der Waals surface area contributed by atoms with Crippen LogP contribution in [0.25, 0.3) is 0 Å². The fourth-order valence-corrected chi connectivity index (χ4v) is 2.26. The third kappa shape index (κ3) is 4.69. The van der Waals surface area contributed by atoms with Gasteiger partial charge in [0.15, 0.2) is 5.76 Å². The molecule has 120 valence electrons. The van der Waals surface area contributed by atoms with Crippen molar-refractivity contribution in [2.24, 2.45) is 5.73 Å². The molecule has 0 saturated heterocycles. The second-order valence-electron chi connectivity index (χ2n) is 5.20. The van der Waals surface area contributed by atoms with Crippen LogP contribution in [0.2, 0.25) is 0 Å². The van der Waals surface area contributed by atoms with Gasteiger partial charge >= 0.3 is 0 Å². The summed E-state index contributed by atoms with van der Waals surface area (Å²) in [5, 5.41) is 31.5. The summed E-state index contributed by atoms with van der Waals surface area (Å²) < 4.78 is 5.03. The van der Waals surface area contributed by atoms with Crippen molar-refractivity contribution < 1.29 is 29.6 Å². The zero-order valence-corrected chi connectivity index (χ0v) is 12.0. The molecule has 0 aromatic heterocycles. The molecule has 6 N–H and O–H groups in total. The maximum Gasteiger partial charge on any atom is 0.217 e. The Labute approximate surface area is 122 Å². The van der Waals surface area contributed by atoms with E-state index in [1.165, 1.54) is 7.11 Å². The molecule has 0 saturated carbocycles. The normalized spacial score (nSPS) is 23.9. The number of ketones is 1. The highest BCUT2D eigenvalue weighted by Gasteiger charge is 2.39. The molecule has 0 bridgehead atoms. The van der Waals surface area contributed by atoms with Crippen LogP contribution < -0.4 is 11.1 Å². The van der Waals surface area contributed by atoms with Gasteiger partial charge in [-0.2, -0.15) is 0 Å². The van der Waals surface area contributed by atoms with E-state index in [2.05, 4.69) is 5.32 Å². The van der Waals surface area contributed by atoms with Crippen LogP contribution in [-0.2, 0) is 14.3 Å². The summed E-state index contributed by atoms with van der Waals surface area (Å²) in [6.45, 7) is -0.842. The Kier molecular flexibility index (Phi) is 6.13. The second-order valence-corrected chi connectivity index (χ2v) is 5.20. The molecule has 1 rings (SSSR count). The smallest absolute Gasteiger partial charge is 0.217 e. The van der Waals surface area contributed by atoms with Crippen molar-refractivity contribution >= 4 is 11.7 Å². The fraction of sp³-hybridized carbons (Fsp3) is 0.692. The number of nitrogens with two attached hydrogens (primary N) is 1. The van der Waals surface area contributed by atoms with Gasteiger partial charge in [0.25, 0.3) is 0 Å². The van der Waals surface area contributed by atoms with Crippen molar-refractivity contribution in [1.29, 1.82) is 0 Å². The first kappa shape index (κ1) is 17.4. The number of nitrogens with one attached hydrogen (secondary N) is 1. The highest BCUT2D eigenvalue weighted by atomic mass is 16.5. The van der Waals surface area contributed by atoms with Gasteiger partial charge in [-0.3, -0.25) is 9.59 Å². The van der Waals surface area contributed by atoms with Gasteiger partial charge in [0.2, 0.25) is 11.7 Å². The van der Waals surface area contributed by atoms with Gasteiger partial charge in [0, 0.05) is 25.3 Å². The Balaban J connectivity index is 2.88. The predicted molar refractivity (Wildman–Crippen MR) is 72.7 cm³/mol. The quantitative estimate of drug-likeness (QED) is 0.354. The van der Waals surface area contributed by atoms with Crippen LogP contribution in [0.4, 0.5) is 0 Å². The van der Waals surface area contributed by atoms with Crippen molar-refractivity contribution in [3.8, 4) is 0 Å². The number of Topliss-reactive ketones (excluding diaryl/α,β-unsaturated/α-hetero) is 1. The van der Waals surface area contributed by atoms with Gasteiger partial charge in [0.1, 0.15) is 5.60 Å². The van der Waals surface area contributed by atoms with Gasteiger partial charge in [0.05, 0.1) is 26.0 Å². The van der Waals surface area contributed by atoms with Gasteiger partial charge in [-0.15, -0.1) is 0 Å². The maximum atomic E-state index is 11.9. The summed E-state index contributed by atoms with van der Waals surface area (Å²) in [5.41, 5.74) is 3.81. The number of amides is 1. The summed E-state index contributed by atoms with van der Waals surface area (Å²) in [6.07, 6.45) is 0.110. The Bertz CT molecular complexity index is 436. The first-order valence-corrected chi connectivity index (χ1v) is 6.64. The molecule has 2 atom stereocenters. The molecule has 8 heteroatoms. The lowest BCUT2D eigenvalue weighted by Gasteiger charge is -2.33. The monoisotopic (exact) mass is 302 g/mol. The second kappa shape index (κ2) is 7.39. The van der Waals surface area contributed by atoms with Crippen molar-refractivity contribution in [2.45, 2.75) is 37.3 Å². The highest BCUT2D eigenvalue weighted by molar-refractivity contribution is 5.95. The molecule has 0 spiro atoms. The SMILES string of the molecule is COC1=C(N[C@H](CO)CCC(N)=O)CC(O)(CO)CC1=O. The average molecular weight is 302 g/mol. The van der Waals surface area contributed by atoms with Crippen LogP contribution in [0.15, 0.2) is 11.5 Å². The van der Waals surface area contributed by atoms with E-state index in [0.29, 0.717) is 5.70 Å². The van der Waals surface area contributed by atoms with E-state index < -0.39 is 29.9 Å². The lowest BCUT2D eigenvalue weighted by molar-refractivity contribution is -0.127.